The molecule has 0 aliphatic carbocycles. The third-order valence-electron chi connectivity index (χ3n) is 6.19. The summed E-state index contributed by atoms with van der Waals surface area (Å²) in [5, 5.41) is 1.96. The van der Waals surface area contributed by atoms with Gasteiger partial charge in [-0.2, -0.15) is 0 Å². The normalized spacial score (nSPS) is 15.6. The average molecular weight is 485 g/mol. The van der Waals surface area contributed by atoms with Crippen molar-refractivity contribution in [2.45, 2.75) is 19.4 Å². The maximum atomic E-state index is 13.8. The Hall–Kier alpha value is -3.97. The molecule has 7 heteroatoms. The number of rotatable bonds is 5. The van der Waals surface area contributed by atoms with Gasteiger partial charge in [0.25, 0.3) is 5.56 Å². The number of carbonyl (C=O) groups is 1. The number of aromatic nitrogens is 1. The zero-order valence-electron chi connectivity index (χ0n) is 19.6. The molecular formula is C28H24N2O4S. The molecule has 4 aromatic rings. The van der Waals surface area contributed by atoms with Crippen molar-refractivity contribution in [1.82, 2.24) is 4.57 Å². The molecule has 6 nitrogen and oxygen atoms in total. The van der Waals surface area contributed by atoms with E-state index in [1.54, 1.807) is 11.7 Å². The summed E-state index contributed by atoms with van der Waals surface area (Å²) >= 11 is 1.32. The van der Waals surface area contributed by atoms with E-state index >= 15 is 0 Å². The van der Waals surface area contributed by atoms with Gasteiger partial charge in [0.05, 0.1) is 36.1 Å². The average Bonchev–Trinajstić information content (AvgIpc) is 3.22. The van der Waals surface area contributed by atoms with Crippen LogP contribution < -0.4 is 19.6 Å². The highest BCUT2D eigenvalue weighted by Gasteiger charge is 2.33. The largest absolute Gasteiger partial charge is 0.496 e. The quantitative estimate of drug-likeness (QED) is 0.402. The Morgan fingerprint density at radius 2 is 1.74 bits per heavy atom. The van der Waals surface area contributed by atoms with Crippen molar-refractivity contribution >= 4 is 34.2 Å². The van der Waals surface area contributed by atoms with Gasteiger partial charge in [-0.15, -0.1) is 0 Å². The van der Waals surface area contributed by atoms with Crippen LogP contribution in [0.4, 0.5) is 0 Å². The Balaban J connectivity index is 1.78. The van der Waals surface area contributed by atoms with Crippen LogP contribution >= 0.6 is 11.3 Å². The molecule has 0 amide bonds. The monoisotopic (exact) mass is 484 g/mol. The smallest absolute Gasteiger partial charge is 0.338 e. The first-order valence-corrected chi connectivity index (χ1v) is 12.1. The number of benzene rings is 3. The van der Waals surface area contributed by atoms with Crippen molar-refractivity contribution in [2.75, 3.05) is 14.2 Å². The van der Waals surface area contributed by atoms with Crippen LogP contribution in [0.25, 0.3) is 16.8 Å². The molecule has 5 rings (SSSR count). The molecule has 0 unspecified atom stereocenters. The number of hydrogen-bond acceptors (Lipinski definition) is 6. The number of fused-ring (bicyclic) bond motifs is 2. The summed E-state index contributed by atoms with van der Waals surface area (Å²) in [6.45, 7) is 1.95. The molecule has 176 valence electrons. The molecule has 0 radical (unpaired) electrons. The Morgan fingerprint density at radius 1 is 1.03 bits per heavy atom. The number of methoxy groups -OCH3 is 2. The molecule has 1 aliphatic rings. The van der Waals surface area contributed by atoms with Gasteiger partial charge in [0, 0.05) is 5.39 Å². The predicted molar refractivity (Wildman–Crippen MR) is 137 cm³/mol. The van der Waals surface area contributed by atoms with Crippen molar-refractivity contribution in [2.24, 2.45) is 4.99 Å². The topological polar surface area (TPSA) is 69.9 Å². The van der Waals surface area contributed by atoms with E-state index in [0.29, 0.717) is 27.0 Å². The number of thiazole rings is 1. The number of esters is 1. The van der Waals surface area contributed by atoms with Crippen LogP contribution in [-0.2, 0) is 9.53 Å². The fraction of sp³-hybridized carbons (Fsp3) is 0.179. The molecule has 2 heterocycles. The third kappa shape index (κ3) is 3.88. The van der Waals surface area contributed by atoms with Gasteiger partial charge in [-0.1, -0.05) is 78.9 Å². The molecule has 0 spiro atoms. The Morgan fingerprint density at radius 3 is 2.43 bits per heavy atom. The molecule has 0 bridgehead atoms. The van der Waals surface area contributed by atoms with Gasteiger partial charge in [0.15, 0.2) is 4.80 Å². The maximum Gasteiger partial charge on any atom is 0.338 e. The fourth-order valence-corrected chi connectivity index (χ4v) is 5.57. The molecule has 0 saturated carbocycles. The molecule has 1 atom stereocenters. The van der Waals surface area contributed by atoms with E-state index in [4.69, 9.17) is 14.5 Å². The fourth-order valence-electron chi connectivity index (χ4n) is 4.55. The number of carbonyl (C=O) groups excluding carboxylic acids is 1. The van der Waals surface area contributed by atoms with Crippen molar-refractivity contribution in [1.29, 1.82) is 0 Å². The number of allylic oxidation sites excluding steroid dienone is 1. The van der Waals surface area contributed by atoms with Gasteiger partial charge in [-0.25, -0.2) is 9.79 Å². The zero-order chi connectivity index (χ0) is 24.5. The number of hydrogen-bond donors (Lipinski definition) is 0. The van der Waals surface area contributed by atoms with Crippen LogP contribution in [-0.4, -0.2) is 24.8 Å². The van der Waals surface area contributed by atoms with E-state index in [-0.39, 0.29) is 5.56 Å². The highest BCUT2D eigenvalue weighted by atomic mass is 32.1. The molecule has 1 aromatic heterocycles. The lowest BCUT2D eigenvalue weighted by molar-refractivity contribution is -0.136. The SMILES string of the molecule is CCC1=C(C(=O)OC)[C@H](c2ccccc2)n2c(s/c(=C\c3ccc(OC)c4ccccc34)c2=O)=N1. The van der Waals surface area contributed by atoms with E-state index < -0.39 is 12.0 Å². The first-order valence-electron chi connectivity index (χ1n) is 11.3. The molecular weight excluding hydrogens is 460 g/mol. The molecule has 0 saturated heterocycles. The third-order valence-corrected chi connectivity index (χ3v) is 7.17. The Kier molecular flexibility index (Phi) is 6.09. The van der Waals surface area contributed by atoms with Crippen LogP contribution in [0.2, 0.25) is 0 Å². The molecule has 35 heavy (non-hydrogen) atoms. The molecule has 0 fully saturated rings. The Bertz CT molecular complexity index is 1650. The second kappa shape index (κ2) is 9.35. The van der Waals surface area contributed by atoms with Crippen LogP contribution in [0.15, 0.2) is 87.8 Å². The predicted octanol–water partition coefficient (Wildman–Crippen LogP) is 3.96. The van der Waals surface area contributed by atoms with E-state index in [2.05, 4.69) is 0 Å². The lowest BCUT2D eigenvalue weighted by Crippen LogP contribution is -2.40. The number of ether oxygens (including phenoxy) is 2. The minimum absolute atomic E-state index is 0.195. The van der Waals surface area contributed by atoms with Crippen molar-refractivity contribution in [3.63, 3.8) is 0 Å². The number of nitrogens with zero attached hydrogens (tertiary/aromatic N) is 2. The van der Waals surface area contributed by atoms with E-state index in [1.807, 2.05) is 79.7 Å². The first-order chi connectivity index (χ1) is 17.1. The highest BCUT2D eigenvalue weighted by Crippen LogP contribution is 2.32. The second-order valence-electron chi connectivity index (χ2n) is 8.10. The van der Waals surface area contributed by atoms with Gasteiger partial charge in [-0.3, -0.25) is 9.36 Å². The minimum Gasteiger partial charge on any atom is -0.496 e. The molecule has 1 aliphatic heterocycles. The second-order valence-corrected chi connectivity index (χ2v) is 9.11. The van der Waals surface area contributed by atoms with Crippen LogP contribution in [0.3, 0.4) is 0 Å². The van der Waals surface area contributed by atoms with Crippen LogP contribution in [0.1, 0.15) is 30.5 Å². The van der Waals surface area contributed by atoms with Crippen LogP contribution in [0.5, 0.6) is 5.75 Å². The van der Waals surface area contributed by atoms with E-state index in [1.165, 1.54) is 18.4 Å². The minimum atomic E-state index is -0.607. The van der Waals surface area contributed by atoms with Gasteiger partial charge in [0.2, 0.25) is 0 Å². The van der Waals surface area contributed by atoms with Gasteiger partial charge >= 0.3 is 5.97 Å². The summed E-state index contributed by atoms with van der Waals surface area (Å²) in [7, 11) is 3.00. The summed E-state index contributed by atoms with van der Waals surface area (Å²) in [6, 6.07) is 20.7. The standard InChI is InChI=1S/C28H24N2O4S/c1-4-21-24(27(32)34-3)25(17-10-6-5-7-11-17)30-26(31)23(35-28(30)29-21)16-18-14-15-22(33-2)20-13-9-8-12-19(18)20/h5-16,25H,4H2,1-3H3/b23-16-/t25-/m0/s1. The highest BCUT2D eigenvalue weighted by molar-refractivity contribution is 7.07. The summed E-state index contributed by atoms with van der Waals surface area (Å²) in [6.07, 6.45) is 2.43. The lowest BCUT2D eigenvalue weighted by atomic mass is 9.95. The first kappa shape index (κ1) is 22.8. The maximum absolute atomic E-state index is 13.8. The van der Waals surface area contributed by atoms with Crippen molar-refractivity contribution < 1.29 is 14.3 Å². The molecule has 3 aromatic carbocycles. The van der Waals surface area contributed by atoms with Gasteiger partial charge in [-0.05, 0) is 35.1 Å². The summed E-state index contributed by atoms with van der Waals surface area (Å²) in [4.78, 5) is 32.0. The van der Waals surface area contributed by atoms with Crippen molar-refractivity contribution in [3.05, 3.63) is 109 Å². The summed E-state index contributed by atoms with van der Waals surface area (Å²) < 4.78 is 12.8. The summed E-state index contributed by atoms with van der Waals surface area (Å²) in [5.41, 5.74) is 2.57. The zero-order valence-corrected chi connectivity index (χ0v) is 20.5. The van der Waals surface area contributed by atoms with Crippen LogP contribution in [0, 0.1) is 0 Å². The Labute approximate surface area is 206 Å². The van der Waals surface area contributed by atoms with E-state index in [9.17, 15) is 9.59 Å². The van der Waals surface area contributed by atoms with Gasteiger partial charge < -0.3 is 9.47 Å². The van der Waals surface area contributed by atoms with Crippen molar-refractivity contribution in [3.8, 4) is 5.75 Å². The summed E-state index contributed by atoms with van der Waals surface area (Å²) in [5.74, 6) is 0.300. The molecule has 0 N–H and O–H groups in total. The lowest BCUT2D eigenvalue weighted by Gasteiger charge is -2.25. The van der Waals surface area contributed by atoms with Gasteiger partial charge in [0.1, 0.15) is 5.75 Å². The van der Waals surface area contributed by atoms with E-state index in [0.717, 1.165) is 27.6 Å².